The van der Waals surface area contributed by atoms with Crippen LogP contribution in [0.25, 0.3) is 0 Å². The number of ether oxygens (including phenoxy) is 1. The summed E-state index contributed by atoms with van der Waals surface area (Å²) in [4.78, 5) is 0. The molecule has 0 aromatic heterocycles. The molecule has 3 atom stereocenters. The fraction of sp³-hybridized carbons (Fsp3) is 0.364. The summed E-state index contributed by atoms with van der Waals surface area (Å²) in [5.74, 6) is 4.11. The lowest BCUT2D eigenvalue weighted by molar-refractivity contribution is 0.240. The number of hydrogen-bond acceptors (Lipinski definition) is 3. The van der Waals surface area contributed by atoms with Gasteiger partial charge < -0.3 is 10.1 Å². The quantitative estimate of drug-likeness (QED) is 0.660. The van der Waals surface area contributed by atoms with E-state index >= 15 is 0 Å². The van der Waals surface area contributed by atoms with Crippen LogP contribution in [0.1, 0.15) is 35.1 Å². The van der Waals surface area contributed by atoms with Gasteiger partial charge in [-0.05, 0) is 48.6 Å². The number of hydrogen-bond donors (Lipinski definition) is 1. The van der Waals surface area contributed by atoms with E-state index in [4.69, 9.17) is 16.3 Å². The molecule has 2 aliphatic heterocycles. The molecule has 0 amide bonds. The van der Waals surface area contributed by atoms with Gasteiger partial charge in [-0.3, -0.25) is 0 Å². The molecule has 2 nitrogen and oxygen atoms in total. The summed E-state index contributed by atoms with van der Waals surface area (Å²) in [6.45, 7) is 2.16. The number of allylic oxidation sites excluding steroid dienone is 2. The highest BCUT2D eigenvalue weighted by atomic mass is 35.5. The molecule has 2 heterocycles. The number of rotatable bonds is 3. The van der Waals surface area contributed by atoms with Crippen molar-refractivity contribution in [3.63, 3.8) is 0 Å². The number of nitrogens with one attached hydrogen (secondary N) is 1. The monoisotopic (exact) mass is 383 g/mol. The number of thioether (sulfide) groups is 1. The van der Waals surface area contributed by atoms with Crippen LogP contribution in [0.4, 0.5) is 5.69 Å². The minimum atomic E-state index is 0.299. The molecule has 0 saturated carbocycles. The molecule has 3 aliphatic rings. The Bertz CT molecular complexity index is 859. The van der Waals surface area contributed by atoms with Crippen molar-refractivity contribution in [2.45, 2.75) is 31.4 Å². The van der Waals surface area contributed by atoms with Crippen molar-refractivity contribution in [3.8, 4) is 5.75 Å². The van der Waals surface area contributed by atoms with Crippen molar-refractivity contribution in [2.75, 3.05) is 16.8 Å². The second kappa shape index (κ2) is 6.54. The molecule has 134 valence electrons. The number of halogens is 1. The summed E-state index contributed by atoms with van der Waals surface area (Å²) in [5.41, 5.74) is 5.06. The van der Waals surface area contributed by atoms with Crippen LogP contribution in [-0.4, -0.2) is 17.6 Å². The van der Waals surface area contributed by atoms with Crippen LogP contribution < -0.4 is 10.1 Å². The van der Waals surface area contributed by atoms with Crippen LogP contribution in [0.15, 0.2) is 48.6 Å². The van der Waals surface area contributed by atoms with Gasteiger partial charge in [0.15, 0.2) is 0 Å². The minimum Gasteiger partial charge on any atom is -0.489 e. The molecule has 26 heavy (non-hydrogen) atoms. The van der Waals surface area contributed by atoms with Gasteiger partial charge in [0.1, 0.15) is 11.9 Å². The maximum absolute atomic E-state index is 6.57. The summed E-state index contributed by atoms with van der Waals surface area (Å²) in [5, 5.41) is 4.68. The Morgan fingerprint density at radius 3 is 2.65 bits per heavy atom. The first-order valence-electron chi connectivity index (χ1n) is 9.27. The van der Waals surface area contributed by atoms with Gasteiger partial charge >= 0.3 is 0 Å². The van der Waals surface area contributed by atoms with Gasteiger partial charge in [0.05, 0.1) is 6.04 Å². The Balaban J connectivity index is 1.46. The average molecular weight is 384 g/mol. The van der Waals surface area contributed by atoms with Crippen LogP contribution in [0.5, 0.6) is 5.75 Å². The summed E-state index contributed by atoms with van der Waals surface area (Å²) in [6, 6.07) is 13.1. The Morgan fingerprint density at radius 2 is 1.92 bits per heavy atom. The van der Waals surface area contributed by atoms with E-state index in [2.05, 4.69) is 54.7 Å². The fourth-order valence-corrected chi connectivity index (χ4v) is 5.22. The normalized spacial score (nSPS) is 26.6. The van der Waals surface area contributed by atoms with Crippen LogP contribution >= 0.6 is 23.4 Å². The molecule has 5 rings (SSSR count). The van der Waals surface area contributed by atoms with E-state index in [0.717, 1.165) is 28.7 Å². The SMILES string of the molecule is Cc1ccc(Cl)c2c1N[C@@H](c1ccc(OC3CSC3)cc1)[C@H]1CC=C[C@H]21. The Kier molecular flexibility index (Phi) is 4.17. The van der Waals surface area contributed by atoms with Gasteiger partial charge in [0, 0.05) is 33.7 Å². The van der Waals surface area contributed by atoms with Gasteiger partial charge in [0.2, 0.25) is 0 Å². The zero-order chi connectivity index (χ0) is 17.7. The van der Waals surface area contributed by atoms with Crippen LogP contribution in [0, 0.1) is 12.8 Å². The van der Waals surface area contributed by atoms with E-state index in [9.17, 15) is 0 Å². The van der Waals surface area contributed by atoms with Crippen molar-refractivity contribution < 1.29 is 4.74 Å². The minimum absolute atomic E-state index is 0.299. The van der Waals surface area contributed by atoms with E-state index in [1.165, 1.54) is 22.4 Å². The summed E-state index contributed by atoms with van der Waals surface area (Å²) >= 11 is 8.51. The lowest BCUT2D eigenvalue weighted by Crippen LogP contribution is -2.31. The summed E-state index contributed by atoms with van der Waals surface area (Å²) in [6.07, 6.45) is 6.13. The van der Waals surface area contributed by atoms with E-state index in [0.29, 0.717) is 24.0 Å². The molecule has 2 aromatic rings. The summed E-state index contributed by atoms with van der Waals surface area (Å²) < 4.78 is 6.00. The first-order chi connectivity index (χ1) is 12.7. The zero-order valence-corrected chi connectivity index (χ0v) is 16.3. The molecule has 1 N–H and O–H groups in total. The third kappa shape index (κ3) is 2.73. The van der Waals surface area contributed by atoms with Crippen molar-refractivity contribution in [1.29, 1.82) is 0 Å². The predicted octanol–water partition coefficient (Wildman–Crippen LogP) is 5.97. The topological polar surface area (TPSA) is 21.3 Å². The molecule has 1 fully saturated rings. The molecule has 1 aliphatic carbocycles. The van der Waals surface area contributed by atoms with E-state index in [1.807, 2.05) is 17.8 Å². The lowest BCUT2D eigenvalue weighted by Gasteiger charge is -2.39. The molecule has 0 spiro atoms. The Labute approximate surface area is 164 Å². The third-order valence-electron chi connectivity index (χ3n) is 5.82. The highest BCUT2D eigenvalue weighted by molar-refractivity contribution is 8.00. The average Bonchev–Trinajstić information content (AvgIpc) is 3.10. The molecule has 4 heteroatoms. The lowest BCUT2D eigenvalue weighted by atomic mass is 9.76. The molecular formula is C22H22ClNOS. The zero-order valence-electron chi connectivity index (χ0n) is 14.7. The maximum atomic E-state index is 6.57. The maximum Gasteiger partial charge on any atom is 0.119 e. The number of benzene rings is 2. The second-order valence-corrected chi connectivity index (χ2v) is 8.96. The Hall–Kier alpha value is -1.58. The van der Waals surface area contributed by atoms with Crippen LogP contribution in [-0.2, 0) is 0 Å². The van der Waals surface area contributed by atoms with Crippen molar-refractivity contribution >= 4 is 29.1 Å². The molecule has 0 radical (unpaired) electrons. The number of aryl methyl sites for hydroxylation is 1. The smallest absolute Gasteiger partial charge is 0.119 e. The van der Waals surface area contributed by atoms with Crippen molar-refractivity contribution in [1.82, 2.24) is 0 Å². The first-order valence-corrected chi connectivity index (χ1v) is 10.8. The van der Waals surface area contributed by atoms with Gasteiger partial charge in [-0.15, -0.1) is 0 Å². The molecule has 0 unspecified atom stereocenters. The standard InChI is InChI=1S/C22H22ClNOS/c1-13-5-10-19(23)20-17-3-2-4-18(17)22(24-21(13)20)14-6-8-15(9-7-14)25-16-11-26-12-16/h2-3,5-10,16-18,22,24H,4,11-12H2,1H3/t17-,18-,22-/m0/s1. The van der Waals surface area contributed by atoms with Gasteiger partial charge in [-0.2, -0.15) is 11.8 Å². The molecule has 2 aromatic carbocycles. The highest BCUT2D eigenvalue weighted by Gasteiger charge is 2.39. The number of fused-ring (bicyclic) bond motifs is 3. The largest absolute Gasteiger partial charge is 0.489 e. The summed E-state index contributed by atoms with van der Waals surface area (Å²) in [7, 11) is 0. The predicted molar refractivity (Wildman–Crippen MR) is 111 cm³/mol. The highest BCUT2D eigenvalue weighted by Crippen LogP contribution is 2.52. The van der Waals surface area contributed by atoms with Gasteiger partial charge in [-0.1, -0.05) is 42.0 Å². The van der Waals surface area contributed by atoms with E-state index in [1.54, 1.807) is 0 Å². The van der Waals surface area contributed by atoms with Crippen molar-refractivity contribution in [2.24, 2.45) is 5.92 Å². The number of anilines is 1. The van der Waals surface area contributed by atoms with Crippen LogP contribution in [0.2, 0.25) is 5.02 Å². The van der Waals surface area contributed by atoms with Crippen molar-refractivity contribution in [3.05, 3.63) is 70.3 Å². The van der Waals surface area contributed by atoms with E-state index < -0.39 is 0 Å². The van der Waals surface area contributed by atoms with Gasteiger partial charge in [0.25, 0.3) is 0 Å². The fourth-order valence-electron chi connectivity index (χ4n) is 4.37. The van der Waals surface area contributed by atoms with E-state index in [-0.39, 0.29) is 0 Å². The molecular weight excluding hydrogens is 362 g/mol. The third-order valence-corrected chi connectivity index (χ3v) is 7.37. The van der Waals surface area contributed by atoms with Crippen LogP contribution in [0.3, 0.4) is 0 Å². The molecule has 1 saturated heterocycles. The molecule has 0 bridgehead atoms. The first kappa shape index (κ1) is 16.6. The Morgan fingerprint density at radius 1 is 1.12 bits per heavy atom. The van der Waals surface area contributed by atoms with Gasteiger partial charge in [-0.25, -0.2) is 0 Å². The second-order valence-electron chi connectivity index (χ2n) is 7.47.